The molecule has 0 unspecified atom stereocenters. The number of benzene rings is 3. The molecule has 5 rings (SSSR count). The van der Waals surface area contributed by atoms with Crippen LogP contribution in [0.4, 0.5) is 20.2 Å². The Labute approximate surface area is 202 Å². The second kappa shape index (κ2) is 8.91. The fourth-order valence-corrected chi connectivity index (χ4v) is 3.63. The van der Waals surface area contributed by atoms with Gasteiger partial charge in [-0.25, -0.2) is 18.6 Å². The van der Waals surface area contributed by atoms with E-state index in [1.807, 2.05) is 0 Å². The average molecular weight is 488 g/mol. The number of anilines is 2. The summed E-state index contributed by atoms with van der Waals surface area (Å²) >= 11 is 0. The summed E-state index contributed by atoms with van der Waals surface area (Å²) in [6.45, 7) is 0. The number of amides is 4. The molecule has 2 aliphatic rings. The van der Waals surface area contributed by atoms with Crippen molar-refractivity contribution in [3.05, 3.63) is 96.6 Å². The largest absolute Gasteiger partial charge is 0.457 e. The normalized spacial score (nSPS) is 14.8. The van der Waals surface area contributed by atoms with Crippen LogP contribution in [0.3, 0.4) is 0 Å². The van der Waals surface area contributed by atoms with Gasteiger partial charge in [-0.2, -0.15) is 0 Å². The van der Waals surface area contributed by atoms with Gasteiger partial charge in [0.15, 0.2) is 0 Å². The molecule has 3 aromatic carbocycles. The lowest BCUT2D eigenvalue weighted by atomic mass is 10.2. The molecule has 4 amide bonds. The van der Waals surface area contributed by atoms with Gasteiger partial charge in [0.05, 0.1) is 11.4 Å². The van der Waals surface area contributed by atoms with Crippen molar-refractivity contribution >= 4 is 35.0 Å². The summed E-state index contributed by atoms with van der Waals surface area (Å²) in [7, 11) is 0. The summed E-state index contributed by atoms with van der Waals surface area (Å²) < 4.78 is 39.5. The molecule has 0 saturated carbocycles. The Morgan fingerprint density at radius 2 is 0.806 bits per heavy atom. The minimum Gasteiger partial charge on any atom is -0.457 e. The summed E-state index contributed by atoms with van der Waals surface area (Å²) in [5, 5.41) is 0. The number of carbonyl (C=O) groups excluding carboxylic acids is 4. The quantitative estimate of drug-likeness (QED) is 0.478. The van der Waals surface area contributed by atoms with Gasteiger partial charge >= 0.3 is 0 Å². The van der Waals surface area contributed by atoms with Crippen LogP contribution in [-0.2, 0) is 19.2 Å². The van der Waals surface area contributed by atoms with E-state index >= 15 is 0 Å². The van der Waals surface area contributed by atoms with Crippen LogP contribution in [0.2, 0.25) is 0 Å². The lowest BCUT2D eigenvalue weighted by Gasteiger charge is -2.16. The molecule has 0 aromatic heterocycles. The van der Waals surface area contributed by atoms with Gasteiger partial charge in [-0.3, -0.25) is 19.2 Å². The Balaban J connectivity index is 1.32. The van der Waals surface area contributed by atoms with Crippen LogP contribution in [0.15, 0.2) is 85.0 Å². The first-order valence-electron chi connectivity index (χ1n) is 10.5. The van der Waals surface area contributed by atoms with Crippen LogP contribution in [0.5, 0.6) is 23.0 Å². The van der Waals surface area contributed by atoms with Gasteiger partial charge in [-0.15, -0.1) is 0 Å². The van der Waals surface area contributed by atoms with Crippen molar-refractivity contribution < 1.29 is 37.4 Å². The highest BCUT2D eigenvalue weighted by Crippen LogP contribution is 2.32. The summed E-state index contributed by atoms with van der Waals surface area (Å²) in [5.41, 5.74) is 0.0501. The molecule has 0 aliphatic carbocycles. The molecule has 0 saturated heterocycles. The Hall–Kier alpha value is -5.12. The van der Waals surface area contributed by atoms with Crippen molar-refractivity contribution in [1.29, 1.82) is 0 Å². The molecule has 0 N–H and O–H groups in total. The third-order valence-corrected chi connectivity index (χ3v) is 5.14. The zero-order chi connectivity index (χ0) is 25.4. The first-order chi connectivity index (χ1) is 17.3. The van der Waals surface area contributed by atoms with Gasteiger partial charge in [0.2, 0.25) is 0 Å². The first kappa shape index (κ1) is 22.7. The second-order valence-electron chi connectivity index (χ2n) is 7.66. The Bertz CT molecular complexity index is 1350. The van der Waals surface area contributed by atoms with E-state index < -0.39 is 35.3 Å². The molecule has 8 nitrogen and oxygen atoms in total. The molecule has 0 atom stereocenters. The summed E-state index contributed by atoms with van der Waals surface area (Å²) in [4.78, 5) is 49.2. The maximum atomic E-state index is 14.1. The molecule has 3 aromatic rings. The smallest absolute Gasteiger partial charge is 0.258 e. The van der Waals surface area contributed by atoms with Crippen LogP contribution < -0.4 is 19.3 Å². The SMILES string of the molecule is O=C1C=CC(=O)N1c1cc(F)cc(Oc2ccc(Oc3cc(F)cc(N4C(=O)C=CC4=O)c3)cc2)c1. The highest BCUT2D eigenvalue weighted by molar-refractivity contribution is 6.28. The Morgan fingerprint density at radius 3 is 1.14 bits per heavy atom. The van der Waals surface area contributed by atoms with Crippen molar-refractivity contribution in [2.75, 3.05) is 9.80 Å². The van der Waals surface area contributed by atoms with Crippen LogP contribution in [0.25, 0.3) is 0 Å². The van der Waals surface area contributed by atoms with E-state index in [0.717, 1.165) is 58.4 Å². The highest BCUT2D eigenvalue weighted by Gasteiger charge is 2.27. The van der Waals surface area contributed by atoms with Crippen LogP contribution >= 0.6 is 0 Å². The predicted molar refractivity (Wildman–Crippen MR) is 123 cm³/mol. The van der Waals surface area contributed by atoms with Crippen molar-refractivity contribution in [3.8, 4) is 23.0 Å². The average Bonchev–Trinajstić information content (AvgIpc) is 3.34. The van der Waals surface area contributed by atoms with Crippen molar-refractivity contribution in [3.63, 3.8) is 0 Å². The van der Waals surface area contributed by atoms with Crippen LogP contribution in [-0.4, -0.2) is 23.6 Å². The summed E-state index contributed by atoms with van der Waals surface area (Å²) in [6.07, 6.45) is 4.36. The van der Waals surface area contributed by atoms with Crippen LogP contribution in [0, 0.1) is 11.6 Å². The number of hydrogen-bond acceptors (Lipinski definition) is 6. The fourth-order valence-electron chi connectivity index (χ4n) is 3.63. The topological polar surface area (TPSA) is 93.2 Å². The van der Waals surface area contributed by atoms with E-state index in [-0.39, 0.29) is 34.4 Å². The van der Waals surface area contributed by atoms with Gasteiger partial charge in [-0.05, 0) is 36.4 Å². The Morgan fingerprint density at radius 1 is 0.472 bits per heavy atom. The van der Waals surface area contributed by atoms with Gasteiger partial charge in [0.1, 0.15) is 34.6 Å². The molecule has 36 heavy (non-hydrogen) atoms. The number of halogens is 2. The summed E-state index contributed by atoms with van der Waals surface area (Å²) in [5.74, 6) is -3.10. The van der Waals surface area contributed by atoms with Gasteiger partial charge in [0, 0.05) is 48.6 Å². The molecule has 0 spiro atoms. The van der Waals surface area contributed by atoms with Crippen molar-refractivity contribution in [1.82, 2.24) is 0 Å². The summed E-state index contributed by atoms with van der Waals surface area (Å²) in [6, 6.07) is 13.0. The zero-order valence-corrected chi connectivity index (χ0v) is 18.2. The minimum atomic E-state index is -0.706. The lowest BCUT2D eigenvalue weighted by molar-refractivity contribution is -0.121. The van der Waals surface area contributed by atoms with Gasteiger partial charge in [0.25, 0.3) is 23.6 Å². The molecule has 10 heteroatoms. The Kier molecular flexibility index (Phi) is 5.61. The fraction of sp³-hybridized carbons (Fsp3) is 0. The van der Waals surface area contributed by atoms with E-state index in [1.54, 1.807) is 0 Å². The number of imide groups is 2. The van der Waals surface area contributed by atoms with E-state index in [4.69, 9.17) is 9.47 Å². The van der Waals surface area contributed by atoms with E-state index in [1.165, 1.54) is 36.4 Å². The van der Waals surface area contributed by atoms with Crippen LogP contribution in [0.1, 0.15) is 0 Å². The molecular weight excluding hydrogens is 474 g/mol. The molecular formula is C26H14F2N2O6. The van der Waals surface area contributed by atoms with E-state index in [9.17, 15) is 28.0 Å². The van der Waals surface area contributed by atoms with Gasteiger partial charge in [-0.1, -0.05) is 0 Å². The number of ether oxygens (including phenoxy) is 2. The highest BCUT2D eigenvalue weighted by atomic mass is 19.1. The monoisotopic (exact) mass is 488 g/mol. The van der Waals surface area contributed by atoms with Crippen molar-refractivity contribution in [2.24, 2.45) is 0 Å². The first-order valence-corrected chi connectivity index (χ1v) is 10.5. The number of nitrogens with zero attached hydrogens (tertiary/aromatic N) is 2. The zero-order valence-electron chi connectivity index (χ0n) is 18.2. The lowest BCUT2D eigenvalue weighted by Crippen LogP contribution is -2.29. The molecule has 0 fully saturated rings. The molecule has 2 heterocycles. The number of hydrogen-bond donors (Lipinski definition) is 0. The maximum absolute atomic E-state index is 14.1. The minimum absolute atomic E-state index is 0.0250. The van der Waals surface area contributed by atoms with Crippen molar-refractivity contribution in [2.45, 2.75) is 0 Å². The predicted octanol–water partition coefficient (Wildman–Crippen LogP) is 4.41. The second-order valence-corrected chi connectivity index (χ2v) is 7.66. The number of rotatable bonds is 6. The molecule has 178 valence electrons. The third kappa shape index (κ3) is 4.47. The maximum Gasteiger partial charge on any atom is 0.258 e. The van der Waals surface area contributed by atoms with E-state index in [0.29, 0.717) is 0 Å². The van der Waals surface area contributed by atoms with E-state index in [2.05, 4.69) is 0 Å². The molecule has 0 radical (unpaired) electrons. The van der Waals surface area contributed by atoms with Gasteiger partial charge < -0.3 is 9.47 Å². The standard InChI is InChI=1S/C26H14F2N2O6/c27-15-9-17(29-23(31)5-6-24(29)32)13-21(11-15)35-19-1-2-20(4-3-19)36-22-12-16(28)10-18(14-22)30-25(33)7-8-26(30)34/h1-14H. The third-order valence-electron chi connectivity index (χ3n) is 5.14. The molecule has 0 bridgehead atoms. The molecule has 2 aliphatic heterocycles. The number of carbonyl (C=O) groups is 4.